The lowest BCUT2D eigenvalue weighted by Gasteiger charge is -2.25. The molecule has 1 heterocycles. The third kappa shape index (κ3) is 0.788. The van der Waals surface area contributed by atoms with Gasteiger partial charge in [0.2, 0.25) is 6.20 Å². The second-order valence-electron chi connectivity index (χ2n) is 4.95. The number of rotatable bonds is 0. The molecule has 3 nitrogen and oxygen atoms in total. The van der Waals surface area contributed by atoms with Crippen LogP contribution in [0.15, 0.2) is 47.3 Å². The molecule has 0 radical (unpaired) electrons. The summed E-state index contributed by atoms with van der Waals surface area (Å²) in [6.07, 6.45) is 10.7. The molecule has 1 fully saturated rings. The molecule has 2 atom stereocenters. The lowest BCUT2D eigenvalue weighted by atomic mass is 9.75. The van der Waals surface area contributed by atoms with E-state index in [0.717, 1.165) is 28.9 Å². The van der Waals surface area contributed by atoms with Crippen LogP contribution in [-0.4, -0.2) is 10.5 Å². The monoisotopic (exact) mass is 212 g/mol. The van der Waals surface area contributed by atoms with Gasteiger partial charge in [0.25, 0.3) is 5.70 Å². The first kappa shape index (κ1) is 8.39. The van der Waals surface area contributed by atoms with Crippen LogP contribution in [-0.2, 0) is 4.79 Å². The fourth-order valence-electron chi connectivity index (χ4n) is 3.16. The van der Waals surface area contributed by atoms with Gasteiger partial charge in [0.15, 0.2) is 5.78 Å². The number of fused-ring (bicyclic) bond motifs is 1. The van der Waals surface area contributed by atoms with Gasteiger partial charge in [-0.2, -0.15) is 0 Å². The van der Waals surface area contributed by atoms with Crippen LogP contribution in [0.1, 0.15) is 12.8 Å². The van der Waals surface area contributed by atoms with Crippen molar-refractivity contribution in [1.82, 2.24) is 0 Å². The minimum absolute atomic E-state index is 0.0221. The summed E-state index contributed by atoms with van der Waals surface area (Å²) >= 11 is 0. The molecule has 1 aliphatic heterocycles. The minimum Gasteiger partial charge on any atom is -0.294 e. The number of nitroso groups, excluding NO2 is 1. The summed E-state index contributed by atoms with van der Waals surface area (Å²) in [5.41, 5.74) is 2.98. The molecule has 4 aliphatic rings. The van der Waals surface area contributed by atoms with Gasteiger partial charge < -0.3 is 0 Å². The van der Waals surface area contributed by atoms with Crippen molar-refractivity contribution in [3.8, 4) is 0 Å². The maximum atomic E-state index is 11.8. The molecular formula is C13H10NO2+. The molecule has 0 saturated heterocycles. The van der Waals surface area contributed by atoms with Crippen LogP contribution in [0.25, 0.3) is 0 Å². The first-order valence-electron chi connectivity index (χ1n) is 5.52. The SMILES string of the molecule is O=C1C=CC=C2C=C3[N+](=O)C=C4CC43CC12. The van der Waals surface area contributed by atoms with Crippen molar-refractivity contribution in [2.24, 2.45) is 11.3 Å². The molecule has 0 bridgehead atoms. The van der Waals surface area contributed by atoms with E-state index in [4.69, 9.17) is 0 Å². The largest absolute Gasteiger partial charge is 0.294 e. The fraction of sp³-hybridized carbons (Fsp3) is 0.308. The highest BCUT2D eigenvalue weighted by Crippen LogP contribution is 2.67. The Morgan fingerprint density at radius 2 is 2.31 bits per heavy atom. The zero-order valence-electron chi connectivity index (χ0n) is 8.64. The van der Waals surface area contributed by atoms with Gasteiger partial charge in [-0.05, 0) is 24.5 Å². The third-order valence-electron chi connectivity index (χ3n) is 4.13. The van der Waals surface area contributed by atoms with E-state index >= 15 is 0 Å². The first-order chi connectivity index (χ1) is 7.71. The zero-order chi connectivity index (χ0) is 10.9. The Morgan fingerprint density at radius 1 is 1.44 bits per heavy atom. The smallest absolute Gasteiger partial charge is 0.250 e. The lowest BCUT2D eigenvalue weighted by Crippen LogP contribution is -2.27. The second kappa shape index (κ2) is 2.32. The summed E-state index contributed by atoms with van der Waals surface area (Å²) < 4.78 is 0.971. The van der Waals surface area contributed by atoms with Gasteiger partial charge in [0.05, 0.1) is 10.2 Å². The van der Waals surface area contributed by atoms with E-state index in [1.807, 2.05) is 12.2 Å². The molecular weight excluding hydrogens is 202 g/mol. The van der Waals surface area contributed by atoms with Gasteiger partial charge in [-0.25, -0.2) is 0 Å². The Kier molecular flexibility index (Phi) is 1.21. The first-order valence-corrected chi connectivity index (χ1v) is 5.52. The molecule has 0 aromatic heterocycles. The van der Waals surface area contributed by atoms with Crippen molar-refractivity contribution in [2.75, 3.05) is 0 Å². The number of hydrogen-bond acceptors (Lipinski definition) is 2. The summed E-state index contributed by atoms with van der Waals surface area (Å²) in [5, 5.41) is 0. The van der Waals surface area contributed by atoms with Gasteiger partial charge in [-0.15, -0.1) is 0 Å². The van der Waals surface area contributed by atoms with E-state index in [2.05, 4.69) is 0 Å². The summed E-state index contributed by atoms with van der Waals surface area (Å²) in [6, 6.07) is 0. The normalized spacial score (nSPS) is 38.2. The van der Waals surface area contributed by atoms with Gasteiger partial charge in [-0.1, -0.05) is 12.2 Å². The van der Waals surface area contributed by atoms with E-state index in [-0.39, 0.29) is 17.1 Å². The average molecular weight is 212 g/mol. The molecule has 16 heavy (non-hydrogen) atoms. The summed E-state index contributed by atoms with van der Waals surface area (Å²) in [6.45, 7) is 0. The Hall–Kier alpha value is -1.77. The predicted molar refractivity (Wildman–Crippen MR) is 57.2 cm³/mol. The number of ketones is 1. The third-order valence-corrected chi connectivity index (χ3v) is 4.13. The van der Waals surface area contributed by atoms with Crippen LogP contribution in [0.5, 0.6) is 0 Å². The van der Waals surface area contributed by atoms with E-state index in [0.29, 0.717) is 0 Å². The molecule has 1 spiro atoms. The number of carbonyl (C=O) groups excluding carboxylic acids is 1. The number of carbonyl (C=O) groups is 1. The molecule has 3 heteroatoms. The molecule has 0 aromatic rings. The molecule has 0 aromatic carbocycles. The topological polar surface area (TPSA) is 37.1 Å². The Balaban J connectivity index is 1.90. The van der Waals surface area contributed by atoms with E-state index in [1.54, 1.807) is 18.4 Å². The standard InChI is InChI=1S/C13H10NO2/c15-11-3-1-2-8-4-12-13(6-10(8)11)5-9(13)7-14(12)16/h1-4,7,10H,5-6H2/q+1. The van der Waals surface area contributed by atoms with E-state index in [9.17, 15) is 9.70 Å². The van der Waals surface area contributed by atoms with Crippen LogP contribution < -0.4 is 0 Å². The van der Waals surface area contributed by atoms with Gasteiger partial charge in [0, 0.05) is 22.5 Å². The lowest BCUT2D eigenvalue weighted by molar-refractivity contribution is -0.428. The van der Waals surface area contributed by atoms with Gasteiger partial charge in [-0.3, -0.25) is 4.79 Å². The second-order valence-corrected chi connectivity index (χ2v) is 4.95. The molecule has 4 rings (SSSR count). The molecule has 3 aliphatic carbocycles. The molecule has 0 amide bonds. The maximum absolute atomic E-state index is 11.8. The molecule has 78 valence electrons. The van der Waals surface area contributed by atoms with Crippen LogP contribution in [0.4, 0.5) is 0 Å². The van der Waals surface area contributed by atoms with Crippen molar-refractivity contribution in [1.29, 1.82) is 0 Å². The highest BCUT2D eigenvalue weighted by atomic mass is 16.3. The Labute approximate surface area is 92.4 Å². The summed E-state index contributed by atoms with van der Waals surface area (Å²) in [7, 11) is 0. The van der Waals surface area contributed by atoms with E-state index < -0.39 is 0 Å². The zero-order valence-corrected chi connectivity index (χ0v) is 8.64. The van der Waals surface area contributed by atoms with Gasteiger partial charge >= 0.3 is 0 Å². The Morgan fingerprint density at radius 3 is 3.19 bits per heavy atom. The van der Waals surface area contributed by atoms with Crippen LogP contribution in [0, 0.1) is 16.2 Å². The highest BCUT2D eigenvalue weighted by molar-refractivity contribution is 5.96. The van der Waals surface area contributed by atoms with Crippen LogP contribution in [0.2, 0.25) is 0 Å². The van der Waals surface area contributed by atoms with Crippen molar-refractivity contribution < 1.29 is 9.55 Å². The fourth-order valence-corrected chi connectivity index (χ4v) is 3.16. The van der Waals surface area contributed by atoms with Crippen molar-refractivity contribution in [2.45, 2.75) is 12.8 Å². The van der Waals surface area contributed by atoms with Crippen molar-refractivity contribution in [3.63, 3.8) is 0 Å². The predicted octanol–water partition coefficient (Wildman–Crippen LogP) is 2.02. The highest BCUT2D eigenvalue weighted by Gasteiger charge is 2.67. The van der Waals surface area contributed by atoms with E-state index in [1.165, 1.54) is 5.57 Å². The quantitative estimate of drug-likeness (QED) is 0.576. The average Bonchev–Trinajstić information content (AvgIpc) is 2.85. The molecule has 2 unspecified atom stereocenters. The van der Waals surface area contributed by atoms with Gasteiger partial charge in [0.1, 0.15) is 0 Å². The number of allylic oxidation sites excluding steroid dienone is 6. The summed E-state index contributed by atoms with van der Waals surface area (Å²) in [4.78, 5) is 23.4. The molecule has 0 N–H and O–H groups in total. The molecule has 1 saturated carbocycles. The minimum atomic E-state index is -0.0649. The number of nitrogens with zero attached hydrogens (tertiary/aromatic N) is 1. The van der Waals surface area contributed by atoms with Crippen molar-refractivity contribution in [3.05, 3.63) is 52.3 Å². The van der Waals surface area contributed by atoms with Crippen LogP contribution >= 0.6 is 0 Å². The Bertz CT molecular complexity index is 577. The summed E-state index contributed by atoms with van der Waals surface area (Å²) in [5.74, 6) is 0.156. The van der Waals surface area contributed by atoms with Crippen LogP contribution in [0.3, 0.4) is 0 Å². The number of hydrogen-bond donors (Lipinski definition) is 0. The van der Waals surface area contributed by atoms with Crippen molar-refractivity contribution >= 4 is 5.78 Å². The maximum Gasteiger partial charge on any atom is 0.250 e.